The molecule has 1 aliphatic heterocycles. The second-order valence-electron chi connectivity index (χ2n) is 8.34. The third kappa shape index (κ3) is 5.47. The van der Waals surface area contributed by atoms with Gasteiger partial charge in [0, 0.05) is 13.1 Å². The summed E-state index contributed by atoms with van der Waals surface area (Å²) in [5.74, 6) is -0.592. The van der Waals surface area contributed by atoms with Gasteiger partial charge in [0.25, 0.3) is 5.91 Å². The van der Waals surface area contributed by atoms with Crippen molar-refractivity contribution in [2.24, 2.45) is 0 Å². The molecule has 0 saturated heterocycles. The summed E-state index contributed by atoms with van der Waals surface area (Å²) >= 11 is 1.30. The van der Waals surface area contributed by atoms with Gasteiger partial charge in [-0.2, -0.15) is 0 Å². The SMILES string of the molecule is CCN(CC)CCN1C(=O)C(O)=C(C(=O)c2cccs2)[C@@H]1c1ccc(OCc2ccccc2)cc1. The molecule has 4 rings (SSSR count). The van der Waals surface area contributed by atoms with Crippen molar-refractivity contribution in [3.63, 3.8) is 0 Å². The Labute approximate surface area is 210 Å². The summed E-state index contributed by atoms with van der Waals surface area (Å²) in [6, 6.07) is 20.2. The first-order valence-electron chi connectivity index (χ1n) is 11.8. The highest BCUT2D eigenvalue weighted by molar-refractivity contribution is 7.12. The van der Waals surface area contributed by atoms with Crippen LogP contribution in [0, 0.1) is 0 Å². The number of ketones is 1. The zero-order chi connectivity index (χ0) is 24.8. The van der Waals surface area contributed by atoms with E-state index in [1.165, 1.54) is 11.3 Å². The molecule has 1 N–H and O–H groups in total. The molecule has 7 heteroatoms. The topological polar surface area (TPSA) is 70.1 Å². The smallest absolute Gasteiger partial charge is 0.290 e. The van der Waals surface area contributed by atoms with E-state index >= 15 is 0 Å². The number of amides is 1. The predicted molar refractivity (Wildman–Crippen MR) is 138 cm³/mol. The Morgan fingerprint density at radius 2 is 1.74 bits per heavy atom. The number of nitrogens with zero attached hydrogens (tertiary/aromatic N) is 2. The van der Waals surface area contributed by atoms with E-state index in [2.05, 4.69) is 18.7 Å². The highest BCUT2D eigenvalue weighted by Crippen LogP contribution is 2.39. The third-order valence-corrected chi connectivity index (χ3v) is 7.16. The van der Waals surface area contributed by atoms with Gasteiger partial charge in [0.15, 0.2) is 5.76 Å². The van der Waals surface area contributed by atoms with Crippen LogP contribution in [0.4, 0.5) is 0 Å². The number of aliphatic hydroxyl groups excluding tert-OH is 1. The maximum atomic E-state index is 13.3. The molecule has 1 aromatic heterocycles. The number of Topliss-reactive ketones (excluding diaryl/α,β-unsaturated/α-hetero) is 1. The van der Waals surface area contributed by atoms with Gasteiger partial charge in [0.1, 0.15) is 12.4 Å². The monoisotopic (exact) mass is 490 g/mol. The molecule has 2 aromatic carbocycles. The molecule has 1 aliphatic rings. The van der Waals surface area contributed by atoms with Gasteiger partial charge in [-0.1, -0.05) is 62.4 Å². The van der Waals surface area contributed by atoms with Crippen molar-refractivity contribution in [3.05, 3.63) is 99.4 Å². The van der Waals surface area contributed by atoms with Crippen molar-refractivity contribution in [2.45, 2.75) is 26.5 Å². The number of hydrogen-bond donors (Lipinski definition) is 1. The summed E-state index contributed by atoms with van der Waals surface area (Å²) in [4.78, 5) is 30.8. The van der Waals surface area contributed by atoms with E-state index in [9.17, 15) is 14.7 Å². The molecule has 2 heterocycles. The van der Waals surface area contributed by atoms with Crippen molar-refractivity contribution >= 4 is 23.0 Å². The number of likely N-dealkylation sites (N-methyl/N-ethyl adjacent to an activating group) is 1. The summed E-state index contributed by atoms with van der Waals surface area (Å²) < 4.78 is 5.91. The number of carbonyl (C=O) groups is 2. The second kappa shape index (κ2) is 11.3. The van der Waals surface area contributed by atoms with Gasteiger partial charge in [0.2, 0.25) is 5.78 Å². The molecule has 1 atom stereocenters. The van der Waals surface area contributed by atoms with Gasteiger partial charge in [0.05, 0.1) is 16.5 Å². The van der Waals surface area contributed by atoms with E-state index in [1.807, 2.05) is 60.0 Å². The Morgan fingerprint density at radius 1 is 1.03 bits per heavy atom. The summed E-state index contributed by atoms with van der Waals surface area (Å²) in [6.45, 7) is 7.36. The number of benzene rings is 2. The van der Waals surface area contributed by atoms with Crippen LogP contribution in [0.2, 0.25) is 0 Å². The van der Waals surface area contributed by atoms with Gasteiger partial charge in [-0.15, -0.1) is 11.3 Å². The molecule has 0 unspecified atom stereocenters. The van der Waals surface area contributed by atoms with Gasteiger partial charge in [-0.25, -0.2) is 0 Å². The normalized spacial score (nSPS) is 15.8. The lowest BCUT2D eigenvalue weighted by Crippen LogP contribution is -2.38. The summed E-state index contributed by atoms with van der Waals surface area (Å²) in [5.41, 5.74) is 1.96. The maximum absolute atomic E-state index is 13.3. The standard InChI is InChI=1S/C28H30N2O4S/c1-3-29(4-2)16-17-30-25(24(27(32)28(30)33)26(31)23-11-8-18-35-23)21-12-14-22(15-13-21)34-19-20-9-6-5-7-10-20/h5-15,18,25,32H,3-4,16-17,19H2,1-2H3/t25-/m0/s1. The maximum Gasteiger partial charge on any atom is 0.290 e. The molecule has 0 saturated carbocycles. The van der Waals surface area contributed by atoms with Crippen LogP contribution in [0.25, 0.3) is 0 Å². The lowest BCUT2D eigenvalue weighted by Gasteiger charge is -2.29. The molecule has 0 radical (unpaired) electrons. The van der Waals surface area contributed by atoms with Crippen LogP contribution < -0.4 is 4.74 Å². The first-order chi connectivity index (χ1) is 17.0. The molecule has 0 fully saturated rings. The van der Waals surface area contributed by atoms with E-state index in [0.717, 1.165) is 24.2 Å². The Morgan fingerprint density at radius 3 is 2.37 bits per heavy atom. The molecule has 0 aliphatic carbocycles. The fourth-order valence-corrected chi connectivity index (χ4v) is 4.96. The van der Waals surface area contributed by atoms with Crippen LogP contribution in [0.15, 0.2) is 83.4 Å². The highest BCUT2D eigenvalue weighted by atomic mass is 32.1. The van der Waals surface area contributed by atoms with E-state index in [1.54, 1.807) is 17.0 Å². The summed E-state index contributed by atoms with van der Waals surface area (Å²) in [7, 11) is 0. The van der Waals surface area contributed by atoms with Crippen LogP contribution in [0.5, 0.6) is 5.75 Å². The van der Waals surface area contributed by atoms with Crippen molar-refractivity contribution in [3.8, 4) is 5.75 Å². The van der Waals surface area contributed by atoms with E-state index in [0.29, 0.717) is 30.3 Å². The second-order valence-corrected chi connectivity index (χ2v) is 9.29. The first-order valence-corrected chi connectivity index (χ1v) is 12.7. The number of ether oxygens (including phenoxy) is 1. The summed E-state index contributed by atoms with van der Waals surface area (Å²) in [6.07, 6.45) is 0. The number of aliphatic hydroxyl groups is 1. The zero-order valence-electron chi connectivity index (χ0n) is 20.0. The molecule has 6 nitrogen and oxygen atoms in total. The minimum Gasteiger partial charge on any atom is -0.503 e. The Hall–Kier alpha value is -3.42. The summed E-state index contributed by atoms with van der Waals surface area (Å²) in [5, 5.41) is 12.6. The minimum absolute atomic E-state index is 0.134. The molecular formula is C28H30N2O4S. The van der Waals surface area contributed by atoms with Crippen LogP contribution in [0.3, 0.4) is 0 Å². The van der Waals surface area contributed by atoms with Gasteiger partial charge in [-0.3, -0.25) is 9.59 Å². The molecule has 35 heavy (non-hydrogen) atoms. The average molecular weight is 491 g/mol. The molecule has 3 aromatic rings. The first kappa shape index (κ1) is 24.7. The minimum atomic E-state index is -0.657. The van der Waals surface area contributed by atoms with Crippen molar-refractivity contribution in [1.82, 2.24) is 9.80 Å². The molecule has 0 spiro atoms. The number of hydrogen-bond acceptors (Lipinski definition) is 6. The van der Waals surface area contributed by atoms with Crippen LogP contribution in [-0.4, -0.2) is 52.8 Å². The fraction of sp³-hybridized carbons (Fsp3) is 0.286. The largest absolute Gasteiger partial charge is 0.503 e. The molecule has 182 valence electrons. The Bertz CT molecular complexity index is 1170. The highest BCUT2D eigenvalue weighted by Gasteiger charge is 2.43. The van der Waals surface area contributed by atoms with Gasteiger partial charge < -0.3 is 19.6 Å². The van der Waals surface area contributed by atoms with Crippen LogP contribution in [0.1, 0.15) is 40.7 Å². The quantitative estimate of drug-likeness (QED) is 0.372. The number of rotatable bonds is 11. The van der Waals surface area contributed by atoms with Crippen molar-refractivity contribution in [1.29, 1.82) is 0 Å². The Balaban J connectivity index is 1.61. The molecule has 1 amide bonds. The number of thiophene rings is 1. The van der Waals surface area contributed by atoms with Crippen molar-refractivity contribution in [2.75, 3.05) is 26.2 Å². The van der Waals surface area contributed by atoms with Gasteiger partial charge in [-0.05, 0) is 47.8 Å². The Kier molecular flexibility index (Phi) is 8.00. The third-order valence-electron chi connectivity index (χ3n) is 6.29. The van der Waals surface area contributed by atoms with Crippen LogP contribution in [-0.2, 0) is 11.4 Å². The van der Waals surface area contributed by atoms with E-state index in [4.69, 9.17) is 4.74 Å². The molecular weight excluding hydrogens is 460 g/mol. The fourth-order valence-electron chi connectivity index (χ4n) is 4.28. The molecule has 0 bridgehead atoms. The van der Waals surface area contributed by atoms with Crippen LogP contribution >= 0.6 is 11.3 Å². The average Bonchev–Trinajstić information content (AvgIpc) is 3.52. The van der Waals surface area contributed by atoms with Gasteiger partial charge >= 0.3 is 0 Å². The zero-order valence-corrected chi connectivity index (χ0v) is 20.8. The predicted octanol–water partition coefficient (Wildman–Crippen LogP) is 5.25. The van der Waals surface area contributed by atoms with Crippen molar-refractivity contribution < 1.29 is 19.4 Å². The van der Waals surface area contributed by atoms with E-state index < -0.39 is 17.7 Å². The number of carbonyl (C=O) groups excluding carboxylic acids is 2. The van der Waals surface area contributed by atoms with E-state index in [-0.39, 0.29) is 11.4 Å². The lowest BCUT2D eigenvalue weighted by atomic mass is 9.95. The lowest BCUT2D eigenvalue weighted by molar-refractivity contribution is -0.129.